The van der Waals surface area contributed by atoms with Gasteiger partial charge in [-0.3, -0.25) is 0 Å². The predicted molar refractivity (Wildman–Crippen MR) is 182 cm³/mol. The number of rotatable bonds is 3. The molecule has 45 heavy (non-hydrogen) atoms. The van der Waals surface area contributed by atoms with E-state index < -0.39 is 0 Å². The molecule has 0 radical (unpaired) electrons. The minimum Gasteiger partial charge on any atom is -0.449 e. The van der Waals surface area contributed by atoms with Gasteiger partial charge in [-0.15, -0.1) is 0 Å². The molecule has 9 rings (SSSR count). The van der Waals surface area contributed by atoms with E-state index >= 15 is 0 Å². The number of aromatic nitrogens is 1. The Morgan fingerprint density at radius 3 is 2.09 bits per heavy atom. The second-order valence-electron chi connectivity index (χ2n) is 12.3. The molecule has 0 N–H and O–H groups in total. The molecule has 0 spiro atoms. The van der Waals surface area contributed by atoms with Crippen LogP contribution in [0.5, 0.6) is 23.0 Å². The van der Waals surface area contributed by atoms with Crippen LogP contribution in [0.3, 0.4) is 0 Å². The first-order valence-corrected chi connectivity index (χ1v) is 15.4. The summed E-state index contributed by atoms with van der Waals surface area (Å²) in [5.41, 5.74) is 10.7. The van der Waals surface area contributed by atoms with Crippen LogP contribution in [-0.4, -0.2) is 4.98 Å². The van der Waals surface area contributed by atoms with Gasteiger partial charge in [0.15, 0.2) is 23.0 Å². The van der Waals surface area contributed by atoms with Crippen LogP contribution < -0.4 is 9.47 Å². The monoisotopic (exact) mass is 579 g/mol. The SMILES string of the molecule is CC1(C)c2ccccc2-c2c1ccc1c2Oc2c(cccc2-c2cc(-c3ccccc3)nc(-c3cccc4ccccc34)c2)O1. The molecular weight excluding hydrogens is 550 g/mol. The molecule has 3 heteroatoms. The van der Waals surface area contributed by atoms with Crippen molar-refractivity contribution in [3.8, 4) is 67.8 Å². The minimum absolute atomic E-state index is 0.132. The largest absolute Gasteiger partial charge is 0.449 e. The summed E-state index contributed by atoms with van der Waals surface area (Å²) in [5, 5.41) is 2.36. The molecule has 0 saturated heterocycles. The van der Waals surface area contributed by atoms with E-state index in [0.717, 1.165) is 56.5 Å². The van der Waals surface area contributed by atoms with Crippen molar-refractivity contribution >= 4 is 10.8 Å². The second-order valence-corrected chi connectivity index (χ2v) is 12.3. The van der Waals surface area contributed by atoms with E-state index in [1.165, 1.54) is 27.5 Å². The number of benzene rings is 6. The summed E-state index contributed by atoms with van der Waals surface area (Å²) in [6, 6.07) is 48.6. The van der Waals surface area contributed by atoms with Gasteiger partial charge in [0, 0.05) is 27.7 Å². The fourth-order valence-corrected chi connectivity index (χ4v) is 7.10. The molecule has 1 aliphatic carbocycles. The summed E-state index contributed by atoms with van der Waals surface area (Å²) >= 11 is 0. The van der Waals surface area contributed by atoms with Crippen molar-refractivity contribution in [2.24, 2.45) is 0 Å². The molecule has 2 aliphatic rings. The quantitative estimate of drug-likeness (QED) is 0.209. The first kappa shape index (κ1) is 25.8. The molecule has 0 atom stereocenters. The third-order valence-electron chi connectivity index (χ3n) is 9.34. The summed E-state index contributed by atoms with van der Waals surface area (Å²) in [7, 11) is 0. The van der Waals surface area contributed by atoms with Gasteiger partial charge >= 0.3 is 0 Å². The van der Waals surface area contributed by atoms with E-state index in [2.05, 4.69) is 135 Å². The highest BCUT2D eigenvalue weighted by Crippen LogP contribution is 2.59. The third-order valence-corrected chi connectivity index (χ3v) is 9.34. The van der Waals surface area contributed by atoms with Crippen LogP contribution in [-0.2, 0) is 5.41 Å². The molecule has 1 aromatic heterocycles. The third kappa shape index (κ3) is 3.94. The first-order chi connectivity index (χ1) is 22.1. The lowest BCUT2D eigenvalue weighted by molar-refractivity contribution is 0.361. The summed E-state index contributed by atoms with van der Waals surface area (Å²) in [6.07, 6.45) is 0. The molecule has 0 bridgehead atoms. The fourth-order valence-electron chi connectivity index (χ4n) is 7.10. The van der Waals surface area contributed by atoms with Crippen LogP contribution in [0.25, 0.3) is 55.5 Å². The van der Waals surface area contributed by atoms with Gasteiger partial charge in [-0.05, 0) is 57.3 Å². The first-order valence-electron chi connectivity index (χ1n) is 15.4. The van der Waals surface area contributed by atoms with Crippen LogP contribution in [0.15, 0.2) is 140 Å². The Morgan fingerprint density at radius 2 is 1.18 bits per heavy atom. The van der Waals surface area contributed by atoms with Gasteiger partial charge in [0.1, 0.15) is 0 Å². The fraction of sp³-hybridized carbons (Fsp3) is 0.0714. The van der Waals surface area contributed by atoms with Crippen molar-refractivity contribution in [2.75, 3.05) is 0 Å². The van der Waals surface area contributed by atoms with Crippen molar-refractivity contribution in [3.63, 3.8) is 0 Å². The molecule has 2 heterocycles. The van der Waals surface area contributed by atoms with Gasteiger partial charge in [0.2, 0.25) is 0 Å². The lowest BCUT2D eigenvalue weighted by Crippen LogP contribution is -2.15. The standard InChI is InChI=1S/C42H29NO2/c1-42(2)33-20-9-8-17-32(33)39-34(42)22-23-38-41(39)45-40-30(18-11-21-37(40)44-38)28-24-35(27-13-4-3-5-14-27)43-36(25-28)31-19-10-15-26-12-6-7-16-29(26)31/h3-25H,1-2H3. The van der Waals surface area contributed by atoms with Gasteiger partial charge in [-0.2, -0.15) is 0 Å². The smallest absolute Gasteiger partial charge is 0.178 e. The molecule has 1 aliphatic heterocycles. The van der Waals surface area contributed by atoms with E-state index in [0.29, 0.717) is 5.75 Å². The van der Waals surface area contributed by atoms with Gasteiger partial charge < -0.3 is 9.47 Å². The molecule has 214 valence electrons. The number of hydrogen-bond donors (Lipinski definition) is 0. The Balaban J connectivity index is 1.25. The molecule has 0 amide bonds. The van der Waals surface area contributed by atoms with E-state index in [9.17, 15) is 0 Å². The lowest BCUT2D eigenvalue weighted by atomic mass is 9.82. The number of fused-ring (bicyclic) bond motifs is 7. The van der Waals surface area contributed by atoms with Gasteiger partial charge in [-0.25, -0.2) is 4.98 Å². The van der Waals surface area contributed by atoms with Gasteiger partial charge in [-0.1, -0.05) is 129 Å². The number of nitrogens with zero attached hydrogens (tertiary/aromatic N) is 1. The summed E-state index contributed by atoms with van der Waals surface area (Å²) in [5.74, 6) is 2.93. The Morgan fingerprint density at radius 1 is 0.489 bits per heavy atom. The van der Waals surface area contributed by atoms with E-state index in [1.807, 2.05) is 18.2 Å². The number of ether oxygens (including phenoxy) is 2. The van der Waals surface area contributed by atoms with Crippen molar-refractivity contribution in [1.29, 1.82) is 0 Å². The van der Waals surface area contributed by atoms with Crippen LogP contribution in [0.2, 0.25) is 0 Å². The minimum atomic E-state index is -0.132. The maximum atomic E-state index is 6.97. The van der Waals surface area contributed by atoms with Crippen LogP contribution in [0.4, 0.5) is 0 Å². The molecule has 6 aromatic carbocycles. The number of pyridine rings is 1. The van der Waals surface area contributed by atoms with Crippen LogP contribution in [0.1, 0.15) is 25.0 Å². The number of para-hydroxylation sites is 1. The highest BCUT2D eigenvalue weighted by atomic mass is 16.6. The van der Waals surface area contributed by atoms with Gasteiger partial charge in [0.05, 0.1) is 11.4 Å². The molecular formula is C42H29NO2. The van der Waals surface area contributed by atoms with E-state index in [1.54, 1.807) is 0 Å². The average molecular weight is 580 g/mol. The summed E-state index contributed by atoms with van der Waals surface area (Å²) < 4.78 is 13.6. The molecule has 3 nitrogen and oxygen atoms in total. The van der Waals surface area contributed by atoms with Crippen molar-refractivity contribution in [1.82, 2.24) is 4.98 Å². The van der Waals surface area contributed by atoms with Crippen molar-refractivity contribution in [3.05, 3.63) is 151 Å². The molecule has 0 unspecified atom stereocenters. The Kier molecular flexibility index (Phi) is 5.54. The lowest BCUT2D eigenvalue weighted by Gasteiger charge is -2.26. The Labute approximate surface area is 262 Å². The molecule has 0 fully saturated rings. The van der Waals surface area contributed by atoms with Crippen LogP contribution >= 0.6 is 0 Å². The van der Waals surface area contributed by atoms with Crippen LogP contribution in [0, 0.1) is 0 Å². The zero-order valence-corrected chi connectivity index (χ0v) is 25.0. The van der Waals surface area contributed by atoms with Crippen molar-refractivity contribution in [2.45, 2.75) is 19.3 Å². The Hall–Kier alpha value is -5.67. The van der Waals surface area contributed by atoms with Gasteiger partial charge in [0.25, 0.3) is 0 Å². The zero-order chi connectivity index (χ0) is 30.1. The maximum absolute atomic E-state index is 6.97. The highest BCUT2D eigenvalue weighted by molar-refractivity contribution is 5.97. The maximum Gasteiger partial charge on any atom is 0.178 e. The highest BCUT2D eigenvalue weighted by Gasteiger charge is 2.39. The van der Waals surface area contributed by atoms with Crippen molar-refractivity contribution < 1.29 is 9.47 Å². The van der Waals surface area contributed by atoms with E-state index in [4.69, 9.17) is 14.5 Å². The average Bonchev–Trinajstić information content (AvgIpc) is 3.33. The molecule has 7 aromatic rings. The molecule has 0 saturated carbocycles. The number of hydrogen-bond acceptors (Lipinski definition) is 3. The van der Waals surface area contributed by atoms with E-state index in [-0.39, 0.29) is 5.41 Å². The summed E-state index contributed by atoms with van der Waals surface area (Å²) in [6.45, 7) is 4.56. The summed E-state index contributed by atoms with van der Waals surface area (Å²) in [4.78, 5) is 5.21. The topological polar surface area (TPSA) is 31.4 Å². The Bertz CT molecular complexity index is 2300. The zero-order valence-electron chi connectivity index (χ0n) is 25.0. The second kappa shape index (κ2) is 9.67. The normalized spacial score (nSPS) is 13.6. The predicted octanol–water partition coefficient (Wildman–Crippen LogP) is 11.4.